The van der Waals surface area contributed by atoms with Gasteiger partial charge >= 0.3 is 6.61 Å². The number of hydrogen-bond donors (Lipinski definition) is 2. The first-order valence-corrected chi connectivity index (χ1v) is 9.65. The number of alkyl halides is 2. The summed E-state index contributed by atoms with van der Waals surface area (Å²) >= 11 is 0. The highest BCUT2D eigenvalue weighted by molar-refractivity contribution is 5.79. The predicted octanol–water partition coefficient (Wildman–Crippen LogP) is 2.48. The molecule has 1 aliphatic rings. The summed E-state index contributed by atoms with van der Waals surface area (Å²) in [5, 5.41) is 14.9. The van der Waals surface area contributed by atoms with Crippen LogP contribution in [0.4, 0.5) is 8.78 Å². The third-order valence-corrected chi connectivity index (χ3v) is 4.59. The number of hydrogen-bond acceptors (Lipinski definition) is 5. The largest absolute Gasteiger partial charge is 0.497 e. The Morgan fingerprint density at radius 2 is 2.14 bits per heavy atom. The quantitative estimate of drug-likeness (QED) is 0.516. The molecule has 0 unspecified atom stereocenters. The molecular formula is C19H26F2N6O2. The SMILES string of the molecule is CCNC(=NCc1cc(OC)ccc1OC(F)F)NCc1nnc2n1CCCC2. The molecule has 0 aliphatic carbocycles. The zero-order chi connectivity index (χ0) is 20.6. The van der Waals surface area contributed by atoms with Crippen LogP contribution in [-0.2, 0) is 26.1 Å². The van der Waals surface area contributed by atoms with Gasteiger partial charge < -0.3 is 24.7 Å². The molecule has 0 amide bonds. The summed E-state index contributed by atoms with van der Waals surface area (Å²) in [5.74, 6) is 3.04. The Balaban J connectivity index is 1.71. The molecule has 158 valence electrons. The molecule has 0 saturated heterocycles. The van der Waals surface area contributed by atoms with Crippen LogP contribution in [0.25, 0.3) is 0 Å². The van der Waals surface area contributed by atoms with Crippen molar-refractivity contribution in [1.82, 2.24) is 25.4 Å². The first-order chi connectivity index (χ1) is 14.1. The number of ether oxygens (including phenoxy) is 2. The highest BCUT2D eigenvalue weighted by Crippen LogP contribution is 2.26. The molecule has 1 aliphatic heterocycles. The maximum Gasteiger partial charge on any atom is 0.387 e. The number of aliphatic imine (C=N–C) groups is 1. The maximum absolute atomic E-state index is 12.7. The number of fused-ring (bicyclic) bond motifs is 1. The number of benzene rings is 1. The van der Waals surface area contributed by atoms with Crippen molar-refractivity contribution in [3.63, 3.8) is 0 Å². The summed E-state index contributed by atoms with van der Waals surface area (Å²) in [5.41, 5.74) is 0.502. The topological polar surface area (TPSA) is 85.6 Å². The highest BCUT2D eigenvalue weighted by Gasteiger charge is 2.16. The van der Waals surface area contributed by atoms with Crippen molar-refractivity contribution < 1.29 is 18.3 Å². The van der Waals surface area contributed by atoms with Crippen LogP contribution in [-0.4, -0.2) is 41.0 Å². The number of rotatable bonds is 8. The van der Waals surface area contributed by atoms with Gasteiger partial charge in [-0.3, -0.25) is 0 Å². The van der Waals surface area contributed by atoms with Crippen LogP contribution in [0, 0.1) is 0 Å². The van der Waals surface area contributed by atoms with Gasteiger partial charge in [-0.15, -0.1) is 10.2 Å². The molecular weight excluding hydrogens is 382 g/mol. The second-order valence-electron chi connectivity index (χ2n) is 6.54. The Morgan fingerprint density at radius 1 is 1.28 bits per heavy atom. The fourth-order valence-corrected chi connectivity index (χ4v) is 3.19. The number of nitrogens with zero attached hydrogens (tertiary/aromatic N) is 4. The number of aromatic nitrogens is 3. The highest BCUT2D eigenvalue weighted by atomic mass is 19.3. The minimum absolute atomic E-state index is 0.0759. The maximum atomic E-state index is 12.7. The van der Waals surface area contributed by atoms with Gasteiger partial charge in [0.1, 0.15) is 17.3 Å². The van der Waals surface area contributed by atoms with E-state index in [4.69, 9.17) is 4.74 Å². The minimum atomic E-state index is -2.91. The Hall–Kier alpha value is -2.91. The van der Waals surface area contributed by atoms with E-state index in [1.54, 1.807) is 12.1 Å². The average Bonchev–Trinajstić information content (AvgIpc) is 3.13. The third-order valence-electron chi connectivity index (χ3n) is 4.59. The lowest BCUT2D eigenvalue weighted by atomic mass is 10.2. The number of methoxy groups -OCH3 is 1. The first kappa shape index (κ1) is 20.8. The first-order valence-electron chi connectivity index (χ1n) is 9.65. The van der Waals surface area contributed by atoms with Gasteiger partial charge in [0.25, 0.3) is 0 Å². The van der Waals surface area contributed by atoms with Gasteiger partial charge in [0, 0.05) is 25.1 Å². The molecule has 1 aromatic carbocycles. The minimum Gasteiger partial charge on any atom is -0.497 e. The van der Waals surface area contributed by atoms with Crippen molar-refractivity contribution >= 4 is 5.96 Å². The van der Waals surface area contributed by atoms with E-state index in [0.717, 1.165) is 37.5 Å². The van der Waals surface area contributed by atoms with Crippen molar-refractivity contribution in [2.45, 2.75) is 52.4 Å². The molecule has 1 aromatic heterocycles. The molecule has 0 atom stereocenters. The standard InChI is InChI=1S/C19H26F2N6O2/c1-3-22-19(24-12-17-26-25-16-6-4-5-9-27(16)17)23-11-13-10-14(28-2)7-8-15(13)29-18(20)21/h7-8,10,18H,3-6,9,11-12H2,1-2H3,(H2,22,23,24). The summed E-state index contributed by atoms with van der Waals surface area (Å²) in [6.07, 6.45) is 3.21. The molecule has 0 bridgehead atoms. The molecule has 8 nitrogen and oxygen atoms in total. The van der Waals surface area contributed by atoms with Crippen molar-refractivity contribution in [2.24, 2.45) is 4.99 Å². The van der Waals surface area contributed by atoms with E-state index >= 15 is 0 Å². The van der Waals surface area contributed by atoms with Crippen LogP contribution >= 0.6 is 0 Å². The molecule has 0 fully saturated rings. The molecule has 10 heteroatoms. The number of nitrogens with one attached hydrogen (secondary N) is 2. The Labute approximate surface area is 168 Å². The van der Waals surface area contributed by atoms with Crippen LogP contribution < -0.4 is 20.1 Å². The number of guanidine groups is 1. The van der Waals surface area contributed by atoms with Crippen molar-refractivity contribution in [3.05, 3.63) is 35.4 Å². The fourth-order valence-electron chi connectivity index (χ4n) is 3.19. The van der Waals surface area contributed by atoms with Gasteiger partial charge in [0.05, 0.1) is 20.2 Å². The van der Waals surface area contributed by atoms with Gasteiger partial charge in [-0.05, 0) is 38.0 Å². The predicted molar refractivity (Wildman–Crippen MR) is 104 cm³/mol. The zero-order valence-electron chi connectivity index (χ0n) is 16.6. The summed E-state index contributed by atoms with van der Waals surface area (Å²) in [4.78, 5) is 4.50. The molecule has 2 aromatic rings. The van der Waals surface area contributed by atoms with E-state index < -0.39 is 6.61 Å². The third kappa shape index (κ3) is 5.55. The molecule has 3 rings (SSSR count). The molecule has 2 N–H and O–H groups in total. The lowest BCUT2D eigenvalue weighted by molar-refractivity contribution is -0.0504. The van der Waals surface area contributed by atoms with E-state index in [1.165, 1.54) is 13.2 Å². The van der Waals surface area contributed by atoms with Crippen LogP contribution in [0.3, 0.4) is 0 Å². The lowest BCUT2D eigenvalue weighted by Crippen LogP contribution is -2.37. The van der Waals surface area contributed by atoms with E-state index in [0.29, 0.717) is 30.4 Å². The average molecular weight is 408 g/mol. The molecule has 0 spiro atoms. The van der Waals surface area contributed by atoms with Crippen LogP contribution in [0.2, 0.25) is 0 Å². The zero-order valence-corrected chi connectivity index (χ0v) is 16.6. The summed E-state index contributed by atoms with van der Waals surface area (Å²) in [7, 11) is 1.51. The normalized spacial score (nSPS) is 13.9. The molecule has 29 heavy (non-hydrogen) atoms. The van der Waals surface area contributed by atoms with E-state index in [1.807, 2.05) is 6.92 Å². The van der Waals surface area contributed by atoms with Gasteiger partial charge in [-0.1, -0.05) is 0 Å². The van der Waals surface area contributed by atoms with Crippen LogP contribution in [0.1, 0.15) is 37.0 Å². The smallest absolute Gasteiger partial charge is 0.387 e. The molecule has 0 radical (unpaired) electrons. The van der Waals surface area contributed by atoms with Gasteiger partial charge in [0.2, 0.25) is 0 Å². The van der Waals surface area contributed by atoms with Gasteiger partial charge in [-0.25, -0.2) is 4.99 Å². The van der Waals surface area contributed by atoms with Crippen molar-refractivity contribution in [2.75, 3.05) is 13.7 Å². The summed E-state index contributed by atoms with van der Waals surface area (Å²) in [6, 6.07) is 4.67. The van der Waals surface area contributed by atoms with Crippen LogP contribution in [0.5, 0.6) is 11.5 Å². The Kier molecular flexibility index (Phi) is 7.20. The lowest BCUT2D eigenvalue weighted by Gasteiger charge is -2.16. The second-order valence-corrected chi connectivity index (χ2v) is 6.54. The number of aryl methyl sites for hydroxylation is 1. The number of halogens is 2. The van der Waals surface area contributed by atoms with Gasteiger partial charge in [-0.2, -0.15) is 8.78 Å². The Bertz CT molecular complexity index is 840. The van der Waals surface area contributed by atoms with Crippen molar-refractivity contribution in [3.8, 4) is 11.5 Å². The Morgan fingerprint density at radius 3 is 2.90 bits per heavy atom. The summed E-state index contributed by atoms with van der Waals surface area (Å²) in [6.45, 7) is 1.24. The molecule has 0 saturated carbocycles. The molecule has 2 heterocycles. The monoisotopic (exact) mass is 408 g/mol. The van der Waals surface area contributed by atoms with Gasteiger partial charge in [0.15, 0.2) is 11.8 Å². The van der Waals surface area contributed by atoms with E-state index in [2.05, 4.69) is 35.1 Å². The fraction of sp³-hybridized carbons (Fsp3) is 0.526. The van der Waals surface area contributed by atoms with E-state index in [9.17, 15) is 8.78 Å². The summed E-state index contributed by atoms with van der Waals surface area (Å²) < 4.78 is 37.3. The van der Waals surface area contributed by atoms with Crippen molar-refractivity contribution in [1.29, 1.82) is 0 Å². The van der Waals surface area contributed by atoms with E-state index in [-0.39, 0.29) is 12.3 Å². The second kappa shape index (κ2) is 10.0. The van der Waals surface area contributed by atoms with Crippen LogP contribution in [0.15, 0.2) is 23.2 Å².